The fraction of sp³-hybridized carbons (Fsp3) is 0.860. The van der Waals surface area contributed by atoms with Crippen LogP contribution in [0.5, 0.6) is 0 Å². The van der Waals surface area contributed by atoms with Crippen LogP contribution in [-0.4, -0.2) is 371 Å². The van der Waals surface area contributed by atoms with Gasteiger partial charge in [-0.05, 0) is 50.2 Å². The predicted octanol–water partition coefficient (Wildman–Crippen LogP) is -25.5. The van der Waals surface area contributed by atoms with Crippen molar-refractivity contribution in [3.8, 4) is 0 Å². The Morgan fingerprint density at radius 1 is 0.330 bits per heavy atom. The van der Waals surface area contributed by atoms with Crippen molar-refractivity contribution in [1.29, 1.82) is 0 Å². The molecule has 0 spiro atoms. The number of rotatable bonds is 28. The molecule has 0 saturated carbocycles. The van der Waals surface area contributed by atoms with Crippen LogP contribution in [0.1, 0.15) is 47.0 Å². The fourth-order valence-corrected chi connectivity index (χ4v) is 12.1. The Morgan fingerprint density at radius 2 is 0.592 bits per heavy atom. The number of ether oxygens (including phenoxy) is 16. The molecule has 36 atom stereocenters. The average Bonchev–Trinajstić information content (AvgIpc) is 0.789. The third kappa shape index (κ3) is 24.1. The van der Waals surface area contributed by atoms with Crippen molar-refractivity contribution < 1.29 is 300 Å². The first-order valence-electron chi connectivity index (χ1n) is 31.9. The second kappa shape index (κ2) is 44.8. The van der Waals surface area contributed by atoms with Gasteiger partial charge in [-0.1, -0.05) is 0 Å². The standard InChI is InChI=1S/C57H93N5O37.4Na/c1-18(67)59-30-39(76)34(71)22(10-63)89-50(30)93-27-15-86-55(44(81)36(27)73)97-48-24(12-65)91-52(32(41(48)78)61-20(3)69)95-29-17-88-57(46(83)38(29)75)99-49-25(13-66)92-53(33(42(49)79)62-21(4)70)96-28-16-87-56(45(82)37(28)74)98-47-23(11-64)90-51(31(40(47)77)60-19(2)68)94-26-14-85-54(43(80)35(26)72)84-9-7-5-6-8-58;;;;/h14-17,22-57,63-66,71-83H,5-13,58H2,1-4H3,(H,59,67)(H,60,68)(H,61,69)(H,62,70);;;;/q-4;4*+1/t22?,23?,24?,25?,26-,27-,28-,29-,30?,31?,32?,33?,34-,35-,36-,37-,38-,39-,40-,41-,42-,43?,44?,45?,46?,47-,48-,49-,50-,51+,52-,53-,54-,55+,56+,57+;;;;/m1..../s1. The molecule has 0 aromatic carbocycles. The SMILES string of the molecule is CC(=O)NC1[C@@H](O[C@@H]2[CH-]O[C@@H](O[C@@H]3C(CO)O[C@H](O[C@@H]4[CH-]O[C@@H](O[C@@H]5C(CO)O[C@H](O[C@@H]6[CH-]O[C@@H](O[C@@H]7C(CO)O[C@@H](O[C@@H]8[CH-]O[C@@H](OCCCCCN)C(O)[C@@H]8O)C(NC(C)=O)[C@H]7O)C(O)[C@@H]6O)C(NC(C)=O)[C@H]5O)C(O)[C@@H]4O)C(NC(C)=O)[C@H]3O)C(O)[C@@H]2O)OC(CO)[C@@H](O)[C@@H]1O.[Na+].[Na+].[Na+].[Na+]. The Morgan fingerprint density at radius 3 is 0.864 bits per heavy atom. The van der Waals surface area contributed by atoms with Crippen LogP contribution in [0.3, 0.4) is 0 Å². The van der Waals surface area contributed by atoms with Crippen LogP contribution in [0, 0.1) is 26.4 Å². The quantitative estimate of drug-likeness (QED) is 0.0196. The van der Waals surface area contributed by atoms with Crippen molar-refractivity contribution in [2.24, 2.45) is 5.73 Å². The van der Waals surface area contributed by atoms with Crippen LogP contribution in [0.2, 0.25) is 0 Å². The maximum Gasteiger partial charge on any atom is 1.00 e. The van der Waals surface area contributed by atoms with E-state index in [2.05, 4.69) is 21.3 Å². The van der Waals surface area contributed by atoms with Crippen molar-refractivity contribution in [3.05, 3.63) is 26.4 Å². The summed E-state index contributed by atoms with van der Waals surface area (Å²) in [5, 5.41) is 197. The molecule has 8 aliphatic heterocycles. The molecule has 0 radical (unpaired) electrons. The number of nitrogens with one attached hydrogen (secondary N) is 4. The Kier molecular flexibility index (Phi) is 41.7. The van der Waals surface area contributed by atoms with Gasteiger partial charge in [-0.25, -0.2) is 0 Å². The molecule has 8 fully saturated rings. The molecule has 42 nitrogen and oxygen atoms in total. The van der Waals surface area contributed by atoms with E-state index in [0.29, 0.717) is 13.0 Å². The van der Waals surface area contributed by atoms with E-state index in [1.54, 1.807) is 0 Å². The second-order valence-electron chi connectivity index (χ2n) is 24.7. The number of amides is 4. The van der Waals surface area contributed by atoms with E-state index in [4.69, 9.17) is 81.5 Å². The summed E-state index contributed by atoms with van der Waals surface area (Å²) in [5.74, 6) is -3.03. The molecule has 23 N–H and O–H groups in total. The molecule has 572 valence electrons. The van der Waals surface area contributed by atoms with Gasteiger partial charge in [-0.3, -0.25) is 19.2 Å². The van der Waals surface area contributed by atoms with E-state index in [1.165, 1.54) is 0 Å². The maximum atomic E-state index is 12.6. The Hall–Kier alpha value is 0.520. The largest absolute Gasteiger partial charge is 1.00 e. The number of aliphatic hydroxyl groups is 17. The van der Waals surface area contributed by atoms with Gasteiger partial charge in [0.25, 0.3) is 0 Å². The van der Waals surface area contributed by atoms with Crippen LogP contribution in [0.25, 0.3) is 0 Å². The van der Waals surface area contributed by atoms with E-state index < -0.39 is 271 Å². The van der Waals surface area contributed by atoms with Gasteiger partial charge in [0.15, 0.2) is 50.3 Å². The summed E-state index contributed by atoms with van der Waals surface area (Å²) >= 11 is 0. The third-order valence-electron chi connectivity index (χ3n) is 17.3. The van der Waals surface area contributed by atoms with Crippen LogP contribution in [0.15, 0.2) is 0 Å². The monoisotopic (exact) mass is 1530 g/mol. The normalized spacial score (nSPS) is 44.3. The van der Waals surface area contributed by atoms with E-state index in [9.17, 15) is 106 Å². The smallest absolute Gasteiger partial charge is 0.525 e. The van der Waals surface area contributed by atoms with Gasteiger partial charge in [0.1, 0.15) is 122 Å². The molecule has 12 unspecified atom stereocenters. The van der Waals surface area contributed by atoms with Crippen LogP contribution in [0.4, 0.5) is 0 Å². The Bertz CT molecular complexity index is 2560. The molecule has 8 rings (SSSR count). The van der Waals surface area contributed by atoms with E-state index in [0.717, 1.165) is 67.0 Å². The van der Waals surface area contributed by atoms with E-state index in [-0.39, 0.29) is 125 Å². The first-order chi connectivity index (χ1) is 47.0. The number of aliphatic hydroxyl groups excluding tert-OH is 17. The summed E-state index contributed by atoms with van der Waals surface area (Å²) in [6.07, 6.45) is -55.0. The molecule has 0 aromatic rings. The average molecular weight is 1530 g/mol. The fourth-order valence-electron chi connectivity index (χ4n) is 12.1. The minimum absolute atomic E-state index is 0. The molecule has 8 saturated heterocycles. The molecule has 8 aliphatic rings. The zero-order chi connectivity index (χ0) is 72.4. The minimum atomic E-state index is -2.15. The minimum Gasteiger partial charge on any atom is -0.525 e. The maximum absolute atomic E-state index is 12.6. The number of hydrogen-bond donors (Lipinski definition) is 22. The zero-order valence-corrected chi connectivity index (χ0v) is 65.8. The molecule has 8 heterocycles. The first-order valence-corrected chi connectivity index (χ1v) is 31.9. The first kappa shape index (κ1) is 95.9. The number of nitrogens with two attached hydrogens (primary N) is 1. The Labute approximate surface area is 678 Å². The molecular formula is C57H93N5Na4O37. The number of hydrogen-bond acceptors (Lipinski definition) is 38. The topological polar surface area (TPSA) is 634 Å². The summed E-state index contributed by atoms with van der Waals surface area (Å²) in [6.45, 7) is 4.60. The number of carbonyl (C=O) groups excluding carboxylic acids is 4. The van der Waals surface area contributed by atoms with Gasteiger partial charge < -0.3 is 190 Å². The molecule has 46 heteroatoms. The van der Waals surface area contributed by atoms with Gasteiger partial charge in [0.05, 0.1) is 50.8 Å². The van der Waals surface area contributed by atoms with E-state index in [1.807, 2.05) is 0 Å². The summed E-state index contributed by atoms with van der Waals surface area (Å²) in [4.78, 5) is 49.6. The van der Waals surface area contributed by atoms with Crippen molar-refractivity contribution in [1.82, 2.24) is 21.3 Å². The zero-order valence-electron chi connectivity index (χ0n) is 57.8. The summed E-state index contributed by atoms with van der Waals surface area (Å²) in [7, 11) is 0. The van der Waals surface area contributed by atoms with Crippen LogP contribution >= 0.6 is 0 Å². The van der Waals surface area contributed by atoms with Gasteiger partial charge in [0, 0.05) is 34.3 Å². The summed E-state index contributed by atoms with van der Waals surface area (Å²) in [6, 6.07) is -6.39. The molecule has 103 heavy (non-hydrogen) atoms. The number of unbranched alkanes of at least 4 members (excludes halogenated alkanes) is 2. The Balaban J connectivity index is 0.00000562. The van der Waals surface area contributed by atoms with Crippen molar-refractivity contribution in [2.45, 2.75) is 268 Å². The molecule has 4 amide bonds. The van der Waals surface area contributed by atoms with Crippen molar-refractivity contribution >= 4 is 23.6 Å². The summed E-state index contributed by atoms with van der Waals surface area (Å²) in [5.41, 5.74) is 5.52. The second-order valence-corrected chi connectivity index (χ2v) is 24.7. The predicted molar refractivity (Wildman–Crippen MR) is 311 cm³/mol. The molecule has 0 bridgehead atoms. The summed E-state index contributed by atoms with van der Waals surface area (Å²) < 4.78 is 91.9. The van der Waals surface area contributed by atoms with E-state index >= 15 is 0 Å². The van der Waals surface area contributed by atoms with Gasteiger partial charge >= 0.3 is 118 Å². The van der Waals surface area contributed by atoms with Gasteiger partial charge in [-0.2, -0.15) is 26.4 Å². The van der Waals surface area contributed by atoms with Gasteiger partial charge in [0.2, 0.25) is 23.6 Å². The van der Waals surface area contributed by atoms with Crippen LogP contribution in [-0.2, 0) is 95.0 Å². The van der Waals surface area contributed by atoms with Crippen LogP contribution < -0.4 is 145 Å². The molecule has 0 aliphatic carbocycles. The molecular weight excluding hydrogens is 1440 g/mol. The van der Waals surface area contributed by atoms with Gasteiger partial charge in [-0.15, -0.1) is 0 Å². The van der Waals surface area contributed by atoms with Crippen molar-refractivity contribution in [3.63, 3.8) is 0 Å². The third-order valence-corrected chi connectivity index (χ3v) is 17.3. The van der Waals surface area contributed by atoms with Crippen molar-refractivity contribution in [2.75, 3.05) is 39.6 Å². The number of carbonyl (C=O) groups is 4. The molecule has 0 aromatic heterocycles.